The van der Waals surface area contributed by atoms with Gasteiger partial charge in [-0.3, -0.25) is 0 Å². The van der Waals surface area contributed by atoms with Gasteiger partial charge in [0.15, 0.2) is 5.60 Å². The second-order valence-electron chi connectivity index (χ2n) is 11.0. The predicted octanol–water partition coefficient (Wildman–Crippen LogP) is 6.92. The van der Waals surface area contributed by atoms with Gasteiger partial charge in [-0.15, -0.1) is 11.3 Å². The lowest BCUT2D eigenvalue weighted by molar-refractivity contribution is -0.289. The number of thiazole rings is 1. The number of nitrogens with zero attached hydrogens (tertiary/aromatic N) is 1. The summed E-state index contributed by atoms with van der Waals surface area (Å²) in [6, 6.07) is 39.7. The first-order valence-electron chi connectivity index (χ1n) is 14.9. The predicted molar refractivity (Wildman–Crippen MR) is 171 cm³/mol. The molecule has 6 rings (SSSR count). The molecule has 0 bridgehead atoms. The Morgan fingerprint density at radius 2 is 1.11 bits per heavy atom. The quantitative estimate of drug-likeness (QED) is 0.166. The highest BCUT2D eigenvalue weighted by Crippen LogP contribution is 2.43. The number of hydrogen-bond donors (Lipinski definition) is 1. The third-order valence-corrected chi connectivity index (χ3v) is 8.91. The molecular formula is C37H37NO5S. The molecule has 0 aliphatic carbocycles. The standard InChI is InChI=1S/C37H37NO5S/c1-27-32(40-24-28-14-6-2-7-15-28)33(41-25-29-16-8-3-9-17-29)34(42-26-30-18-10-4-11-19-30)35(43-27)37(39,36-38-22-23-44-36)31-20-12-5-13-21-31/h2-23,27,32-35,39H,24-26H2,1H3/t27-,32+,33+,34-,35-,37+/m0/s1. The lowest BCUT2D eigenvalue weighted by atomic mass is 9.80. The fourth-order valence-corrected chi connectivity index (χ4v) is 6.55. The number of aromatic nitrogens is 1. The van der Waals surface area contributed by atoms with Gasteiger partial charge >= 0.3 is 0 Å². The average molecular weight is 608 g/mol. The van der Waals surface area contributed by atoms with Gasteiger partial charge < -0.3 is 24.1 Å². The second-order valence-corrected chi connectivity index (χ2v) is 11.9. The zero-order valence-corrected chi connectivity index (χ0v) is 25.5. The Labute approximate surface area is 262 Å². The molecular weight excluding hydrogens is 570 g/mol. The zero-order chi connectivity index (χ0) is 30.2. The van der Waals surface area contributed by atoms with E-state index in [1.807, 2.05) is 134 Å². The van der Waals surface area contributed by atoms with Crippen LogP contribution in [0.5, 0.6) is 0 Å². The van der Waals surface area contributed by atoms with Gasteiger partial charge in [-0.2, -0.15) is 0 Å². The van der Waals surface area contributed by atoms with Crippen molar-refractivity contribution in [1.82, 2.24) is 4.98 Å². The Kier molecular flexibility index (Phi) is 9.93. The molecule has 2 heterocycles. The van der Waals surface area contributed by atoms with Crippen molar-refractivity contribution in [2.45, 2.75) is 62.9 Å². The molecule has 1 N–H and O–H groups in total. The molecule has 1 aliphatic heterocycles. The van der Waals surface area contributed by atoms with Gasteiger partial charge in [0.2, 0.25) is 0 Å². The summed E-state index contributed by atoms with van der Waals surface area (Å²) in [5.41, 5.74) is 2.15. The molecule has 0 saturated carbocycles. The van der Waals surface area contributed by atoms with Crippen molar-refractivity contribution in [3.8, 4) is 0 Å². The largest absolute Gasteiger partial charge is 0.375 e. The Balaban J connectivity index is 1.41. The van der Waals surface area contributed by atoms with Crippen molar-refractivity contribution in [2.75, 3.05) is 0 Å². The molecule has 1 saturated heterocycles. The van der Waals surface area contributed by atoms with Crippen LogP contribution in [-0.4, -0.2) is 40.6 Å². The molecule has 0 unspecified atom stereocenters. The lowest BCUT2D eigenvalue weighted by Crippen LogP contribution is -2.65. The minimum atomic E-state index is -1.61. The highest BCUT2D eigenvalue weighted by Gasteiger charge is 2.56. The fraction of sp³-hybridized carbons (Fsp3) is 0.270. The molecule has 5 aromatic rings. The molecule has 6 atom stereocenters. The van der Waals surface area contributed by atoms with E-state index in [9.17, 15) is 5.11 Å². The third-order valence-electron chi connectivity index (χ3n) is 8.01. The second kappa shape index (κ2) is 14.4. The van der Waals surface area contributed by atoms with Gasteiger partial charge in [0.25, 0.3) is 0 Å². The van der Waals surface area contributed by atoms with E-state index in [-0.39, 0.29) is 0 Å². The Morgan fingerprint density at radius 1 is 0.659 bits per heavy atom. The Hall–Kier alpha value is -3.69. The van der Waals surface area contributed by atoms with Crippen molar-refractivity contribution < 1.29 is 24.1 Å². The molecule has 0 amide bonds. The molecule has 4 aromatic carbocycles. The van der Waals surface area contributed by atoms with Gasteiger partial charge in [-0.05, 0) is 29.2 Å². The number of hydrogen-bond acceptors (Lipinski definition) is 7. The normalized spacial score (nSPS) is 23.2. The van der Waals surface area contributed by atoms with Crippen molar-refractivity contribution in [3.63, 3.8) is 0 Å². The molecule has 0 spiro atoms. The highest BCUT2D eigenvalue weighted by atomic mass is 32.1. The lowest BCUT2D eigenvalue weighted by Gasteiger charge is -2.50. The summed E-state index contributed by atoms with van der Waals surface area (Å²) < 4.78 is 26.9. The SMILES string of the molecule is C[C@@H]1O[C@H]([C@](O)(c2ccccc2)c2nccs2)[C@@H](OCc2ccccc2)[C@H](OCc2ccccc2)[C@@H]1OCc1ccccc1. The first kappa shape index (κ1) is 30.3. The summed E-state index contributed by atoms with van der Waals surface area (Å²) in [7, 11) is 0. The molecule has 1 aromatic heterocycles. The van der Waals surface area contributed by atoms with Gasteiger partial charge in [-0.1, -0.05) is 121 Å². The van der Waals surface area contributed by atoms with Crippen LogP contribution in [0.1, 0.15) is 34.2 Å². The van der Waals surface area contributed by atoms with Crippen LogP contribution in [0.2, 0.25) is 0 Å². The van der Waals surface area contributed by atoms with Gasteiger partial charge in [0.05, 0.1) is 25.9 Å². The van der Waals surface area contributed by atoms with E-state index in [0.29, 0.717) is 30.4 Å². The van der Waals surface area contributed by atoms with E-state index in [1.165, 1.54) is 11.3 Å². The van der Waals surface area contributed by atoms with Crippen LogP contribution >= 0.6 is 11.3 Å². The van der Waals surface area contributed by atoms with Crippen molar-refractivity contribution in [2.24, 2.45) is 0 Å². The van der Waals surface area contributed by atoms with E-state index in [0.717, 1.165) is 16.7 Å². The first-order valence-corrected chi connectivity index (χ1v) is 15.8. The fourth-order valence-electron chi connectivity index (χ4n) is 5.76. The van der Waals surface area contributed by atoms with Crippen LogP contribution in [0.4, 0.5) is 0 Å². The maximum absolute atomic E-state index is 12.8. The number of ether oxygens (including phenoxy) is 4. The van der Waals surface area contributed by atoms with Gasteiger partial charge in [-0.25, -0.2) is 4.98 Å². The molecule has 1 aliphatic rings. The van der Waals surface area contributed by atoms with Gasteiger partial charge in [0.1, 0.15) is 29.4 Å². The summed E-state index contributed by atoms with van der Waals surface area (Å²) in [6.07, 6.45) is -1.36. The third kappa shape index (κ3) is 6.84. The number of benzene rings is 4. The van der Waals surface area contributed by atoms with Crippen LogP contribution in [0.15, 0.2) is 133 Å². The topological polar surface area (TPSA) is 70.0 Å². The number of rotatable bonds is 12. The molecule has 6 nitrogen and oxygen atoms in total. The smallest absolute Gasteiger partial charge is 0.170 e. The van der Waals surface area contributed by atoms with E-state index < -0.39 is 36.1 Å². The maximum atomic E-state index is 12.8. The molecule has 226 valence electrons. The van der Waals surface area contributed by atoms with Gasteiger partial charge in [0, 0.05) is 11.6 Å². The van der Waals surface area contributed by atoms with Crippen LogP contribution in [0.25, 0.3) is 0 Å². The van der Waals surface area contributed by atoms with E-state index in [1.54, 1.807) is 6.20 Å². The molecule has 7 heteroatoms. The summed E-state index contributed by atoms with van der Waals surface area (Å²) >= 11 is 1.39. The monoisotopic (exact) mass is 607 g/mol. The minimum Gasteiger partial charge on any atom is -0.375 e. The van der Waals surface area contributed by atoms with E-state index in [2.05, 4.69) is 4.98 Å². The molecule has 0 radical (unpaired) electrons. The van der Waals surface area contributed by atoms with Crippen LogP contribution in [-0.2, 0) is 44.4 Å². The first-order chi connectivity index (χ1) is 21.6. The van der Waals surface area contributed by atoms with Crippen molar-refractivity contribution in [1.29, 1.82) is 0 Å². The van der Waals surface area contributed by atoms with E-state index in [4.69, 9.17) is 18.9 Å². The van der Waals surface area contributed by atoms with Crippen molar-refractivity contribution in [3.05, 3.63) is 160 Å². The Bertz CT molecular complexity index is 1540. The van der Waals surface area contributed by atoms with Crippen LogP contribution < -0.4 is 0 Å². The van der Waals surface area contributed by atoms with Crippen LogP contribution in [0.3, 0.4) is 0 Å². The summed E-state index contributed by atoms with van der Waals surface area (Å²) in [6.45, 7) is 3.01. The van der Waals surface area contributed by atoms with Crippen molar-refractivity contribution >= 4 is 11.3 Å². The molecule has 1 fully saturated rings. The summed E-state index contributed by atoms with van der Waals surface area (Å²) in [4.78, 5) is 4.59. The summed E-state index contributed by atoms with van der Waals surface area (Å²) in [5.74, 6) is 0. The Morgan fingerprint density at radius 3 is 1.59 bits per heavy atom. The number of aliphatic hydroxyl groups is 1. The maximum Gasteiger partial charge on any atom is 0.170 e. The van der Waals surface area contributed by atoms with Crippen LogP contribution in [0, 0.1) is 0 Å². The van der Waals surface area contributed by atoms with E-state index >= 15 is 0 Å². The zero-order valence-electron chi connectivity index (χ0n) is 24.6. The summed E-state index contributed by atoms with van der Waals surface area (Å²) in [5, 5.41) is 15.2. The molecule has 44 heavy (non-hydrogen) atoms. The average Bonchev–Trinajstić information content (AvgIpc) is 3.63. The minimum absolute atomic E-state index is 0.305. The highest BCUT2D eigenvalue weighted by molar-refractivity contribution is 7.09.